The van der Waals surface area contributed by atoms with Gasteiger partial charge in [0.05, 0.1) is 5.69 Å². The maximum Gasteiger partial charge on any atom is 0.197 e. The number of guanidine groups is 1. The molecule has 130 valence electrons. The average Bonchev–Trinajstić information content (AvgIpc) is 2.57. The van der Waals surface area contributed by atoms with Crippen molar-refractivity contribution < 1.29 is 0 Å². The van der Waals surface area contributed by atoms with Crippen LogP contribution in [0, 0.1) is 0 Å². The minimum absolute atomic E-state index is 0. The van der Waals surface area contributed by atoms with E-state index in [4.69, 9.17) is 11.5 Å². The predicted octanol–water partition coefficient (Wildman–Crippen LogP) is 4.23. The van der Waals surface area contributed by atoms with E-state index < -0.39 is 0 Å². The van der Waals surface area contributed by atoms with Crippen molar-refractivity contribution >= 4 is 52.9 Å². The van der Waals surface area contributed by atoms with Gasteiger partial charge >= 0.3 is 0 Å². The Morgan fingerprint density at radius 3 is 1.96 bits per heavy atom. The van der Waals surface area contributed by atoms with Gasteiger partial charge in [-0.15, -0.1) is 24.8 Å². The van der Waals surface area contributed by atoms with Crippen LogP contribution in [0.4, 0.5) is 11.4 Å². The molecule has 0 saturated heterocycles. The van der Waals surface area contributed by atoms with E-state index in [1.807, 2.05) is 24.3 Å². The van der Waals surface area contributed by atoms with E-state index >= 15 is 0 Å². The number of benzene rings is 3. The van der Waals surface area contributed by atoms with E-state index in [1.165, 1.54) is 21.9 Å². The summed E-state index contributed by atoms with van der Waals surface area (Å²) in [6, 6.07) is 20.2. The molecule has 4 rings (SSSR count). The Bertz CT molecular complexity index is 866. The zero-order valence-electron chi connectivity index (χ0n) is 13.6. The second-order valence-corrected chi connectivity index (χ2v) is 5.85. The van der Waals surface area contributed by atoms with Crippen LogP contribution < -0.4 is 11.5 Å². The highest BCUT2D eigenvalue weighted by atomic mass is 35.5. The Kier molecular flexibility index (Phi) is 5.77. The van der Waals surface area contributed by atoms with Crippen molar-refractivity contribution in [2.24, 2.45) is 10.7 Å². The largest absolute Gasteiger partial charge is 0.399 e. The summed E-state index contributed by atoms with van der Waals surface area (Å²) in [5, 5.41) is 2.64. The molecule has 0 bridgehead atoms. The molecule has 0 unspecified atom stereocenters. The first-order chi connectivity index (χ1) is 11.2. The van der Waals surface area contributed by atoms with Gasteiger partial charge in [-0.25, -0.2) is 4.99 Å². The zero-order chi connectivity index (χ0) is 15.8. The number of aliphatic imine (C=N–C) groups is 1. The molecule has 1 aliphatic rings. The molecule has 0 aliphatic carbocycles. The zero-order valence-corrected chi connectivity index (χ0v) is 15.2. The van der Waals surface area contributed by atoms with Crippen LogP contribution in [-0.4, -0.2) is 10.9 Å². The molecule has 6 heteroatoms. The summed E-state index contributed by atoms with van der Waals surface area (Å²) in [5.41, 5.74) is 16.1. The molecular formula is C19H20Cl2N4. The lowest BCUT2D eigenvalue weighted by molar-refractivity contribution is 0.396. The van der Waals surface area contributed by atoms with Gasteiger partial charge in [-0.05, 0) is 46.2 Å². The third-order valence-electron chi connectivity index (χ3n) is 4.26. The SMILES string of the molecule is Cl.Cl.NC(=Nc1ccc(N)cc1)N1Cc2cccc3cccc(c23)C1. The van der Waals surface area contributed by atoms with E-state index in [2.05, 4.69) is 46.3 Å². The Morgan fingerprint density at radius 2 is 1.40 bits per heavy atom. The van der Waals surface area contributed by atoms with Gasteiger partial charge in [0.2, 0.25) is 0 Å². The second-order valence-electron chi connectivity index (χ2n) is 5.85. The second kappa shape index (κ2) is 7.64. The summed E-state index contributed by atoms with van der Waals surface area (Å²) < 4.78 is 0. The normalized spacial score (nSPS) is 13.1. The summed E-state index contributed by atoms with van der Waals surface area (Å²) in [4.78, 5) is 6.63. The first-order valence-electron chi connectivity index (χ1n) is 7.65. The van der Waals surface area contributed by atoms with Crippen LogP contribution in [0.3, 0.4) is 0 Å². The average molecular weight is 375 g/mol. The first-order valence-corrected chi connectivity index (χ1v) is 7.65. The van der Waals surface area contributed by atoms with Crippen LogP contribution in [0.25, 0.3) is 10.8 Å². The minimum Gasteiger partial charge on any atom is -0.399 e. The molecule has 0 aromatic heterocycles. The fourth-order valence-electron chi connectivity index (χ4n) is 3.15. The van der Waals surface area contributed by atoms with Crippen LogP contribution in [0.1, 0.15) is 11.1 Å². The highest BCUT2D eigenvalue weighted by molar-refractivity contribution is 5.91. The number of nitrogens with two attached hydrogens (primary N) is 2. The number of rotatable bonds is 1. The fraction of sp³-hybridized carbons (Fsp3) is 0.105. The molecule has 0 fully saturated rings. The van der Waals surface area contributed by atoms with Crippen molar-refractivity contribution in [1.82, 2.24) is 4.90 Å². The smallest absolute Gasteiger partial charge is 0.197 e. The predicted molar refractivity (Wildman–Crippen MR) is 110 cm³/mol. The molecule has 3 aromatic rings. The number of nitrogens with zero attached hydrogens (tertiary/aromatic N) is 2. The van der Waals surface area contributed by atoms with Gasteiger partial charge in [-0.1, -0.05) is 36.4 Å². The van der Waals surface area contributed by atoms with E-state index in [0.717, 1.165) is 24.5 Å². The first kappa shape index (κ1) is 18.9. The molecule has 3 aromatic carbocycles. The van der Waals surface area contributed by atoms with Crippen LogP contribution in [0.2, 0.25) is 0 Å². The van der Waals surface area contributed by atoms with Gasteiger partial charge in [0.15, 0.2) is 5.96 Å². The molecule has 1 aliphatic heterocycles. The Morgan fingerprint density at radius 1 is 0.840 bits per heavy atom. The van der Waals surface area contributed by atoms with Crippen LogP contribution in [0.15, 0.2) is 65.7 Å². The van der Waals surface area contributed by atoms with Gasteiger partial charge in [-0.3, -0.25) is 0 Å². The third-order valence-corrected chi connectivity index (χ3v) is 4.26. The monoisotopic (exact) mass is 374 g/mol. The van der Waals surface area contributed by atoms with Crippen molar-refractivity contribution in [3.8, 4) is 0 Å². The molecule has 0 amide bonds. The lowest BCUT2D eigenvalue weighted by atomic mass is 9.95. The van der Waals surface area contributed by atoms with Crippen molar-refractivity contribution in [2.45, 2.75) is 13.1 Å². The van der Waals surface area contributed by atoms with E-state index in [9.17, 15) is 0 Å². The number of hydrogen-bond acceptors (Lipinski definition) is 2. The molecule has 25 heavy (non-hydrogen) atoms. The van der Waals surface area contributed by atoms with Gasteiger partial charge in [0, 0.05) is 18.8 Å². The number of anilines is 1. The Labute approximate surface area is 159 Å². The van der Waals surface area contributed by atoms with E-state index in [1.54, 1.807) is 0 Å². The quantitative estimate of drug-likeness (QED) is 0.380. The molecule has 0 radical (unpaired) electrons. The summed E-state index contributed by atoms with van der Waals surface area (Å²) >= 11 is 0. The van der Waals surface area contributed by atoms with Crippen LogP contribution in [0.5, 0.6) is 0 Å². The van der Waals surface area contributed by atoms with Crippen molar-refractivity contribution in [1.29, 1.82) is 0 Å². The van der Waals surface area contributed by atoms with Crippen molar-refractivity contribution in [3.63, 3.8) is 0 Å². The molecule has 4 N–H and O–H groups in total. The highest BCUT2D eigenvalue weighted by Crippen LogP contribution is 2.30. The molecule has 1 heterocycles. The molecular weight excluding hydrogens is 355 g/mol. The highest BCUT2D eigenvalue weighted by Gasteiger charge is 2.19. The molecule has 0 saturated carbocycles. The fourth-order valence-corrected chi connectivity index (χ4v) is 3.15. The van der Waals surface area contributed by atoms with E-state index in [-0.39, 0.29) is 24.8 Å². The Balaban J connectivity index is 0.00000113. The van der Waals surface area contributed by atoms with Gasteiger partial charge in [0.25, 0.3) is 0 Å². The number of hydrogen-bond donors (Lipinski definition) is 2. The standard InChI is InChI=1S/C19H18N4.2ClH/c20-16-7-9-17(10-8-16)22-19(21)23-11-14-5-1-3-13-4-2-6-15(12-23)18(13)14;;/h1-10H,11-12,20H2,(H2,21,22);2*1H. The van der Waals surface area contributed by atoms with Gasteiger partial charge < -0.3 is 16.4 Å². The summed E-state index contributed by atoms with van der Waals surface area (Å²) in [6.07, 6.45) is 0. The number of halogens is 2. The van der Waals surface area contributed by atoms with E-state index in [0.29, 0.717) is 5.96 Å². The Hall–Kier alpha value is -2.43. The van der Waals surface area contributed by atoms with Crippen LogP contribution in [-0.2, 0) is 13.1 Å². The summed E-state index contributed by atoms with van der Waals surface area (Å²) in [6.45, 7) is 1.55. The minimum atomic E-state index is 0. The van der Waals surface area contributed by atoms with Crippen molar-refractivity contribution in [3.05, 3.63) is 71.8 Å². The number of nitrogen functional groups attached to an aromatic ring is 1. The topological polar surface area (TPSA) is 67.6 Å². The van der Waals surface area contributed by atoms with Crippen LogP contribution >= 0.6 is 24.8 Å². The third kappa shape index (κ3) is 3.65. The summed E-state index contributed by atoms with van der Waals surface area (Å²) in [7, 11) is 0. The maximum atomic E-state index is 6.25. The lowest BCUT2D eigenvalue weighted by Gasteiger charge is -2.30. The van der Waals surface area contributed by atoms with Gasteiger partial charge in [0.1, 0.15) is 0 Å². The maximum absolute atomic E-state index is 6.25. The van der Waals surface area contributed by atoms with Crippen molar-refractivity contribution in [2.75, 3.05) is 5.73 Å². The summed E-state index contributed by atoms with van der Waals surface area (Å²) in [5.74, 6) is 0.529. The molecule has 4 nitrogen and oxygen atoms in total. The van der Waals surface area contributed by atoms with Gasteiger partial charge in [-0.2, -0.15) is 0 Å². The molecule has 0 atom stereocenters. The lowest BCUT2D eigenvalue weighted by Crippen LogP contribution is -2.38. The molecule has 0 spiro atoms.